The van der Waals surface area contributed by atoms with E-state index in [-0.39, 0.29) is 0 Å². The van der Waals surface area contributed by atoms with E-state index in [9.17, 15) is 4.79 Å². The molecule has 0 saturated carbocycles. The molecule has 2 rings (SSSR count). The zero-order chi connectivity index (χ0) is 8.39. The zero-order valence-corrected chi connectivity index (χ0v) is 6.24. The number of aromatic nitrogens is 2. The lowest BCUT2D eigenvalue weighted by Crippen LogP contribution is -1.93. The lowest BCUT2D eigenvalue weighted by Gasteiger charge is -1.97. The van der Waals surface area contributed by atoms with Crippen LogP contribution in [0.5, 0.6) is 0 Å². The number of nitrogens with one attached hydrogen (secondary N) is 2. The molecule has 0 fully saturated rings. The zero-order valence-electron chi connectivity index (χ0n) is 6.24. The van der Waals surface area contributed by atoms with E-state index in [2.05, 4.69) is 15.5 Å². The van der Waals surface area contributed by atoms with Crippen molar-refractivity contribution in [2.75, 3.05) is 5.32 Å². The first-order chi connectivity index (χ1) is 5.92. The summed E-state index contributed by atoms with van der Waals surface area (Å²) in [6.07, 6.45) is 2.34. The molecule has 60 valence electrons. The van der Waals surface area contributed by atoms with Gasteiger partial charge in [-0.1, -0.05) is 6.07 Å². The van der Waals surface area contributed by atoms with Gasteiger partial charge in [-0.15, -0.1) is 0 Å². The molecule has 1 aromatic heterocycles. The van der Waals surface area contributed by atoms with E-state index in [4.69, 9.17) is 0 Å². The second-order valence-electron chi connectivity index (χ2n) is 2.40. The third kappa shape index (κ3) is 0.934. The molecule has 0 bridgehead atoms. The van der Waals surface area contributed by atoms with E-state index < -0.39 is 0 Å². The lowest BCUT2D eigenvalue weighted by molar-refractivity contribution is -0.105. The molecule has 0 radical (unpaired) electrons. The highest BCUT2D eigenvalue weighted by Crippen LogP contribution is 2.19. The van der Waals surface area contributed by atoms with Crippen LogP contribution in [0.25, 0.3) is 10.9 Å². The van der Waals surface area contributed by atoms with Gasteiger partial charge in [-0.3, -0.25) is 9.89 Å². The maximum Gasteiger partial charge on any atom is 0.211 e. The fraction of sp³-hybridized carbons (Fsp3) is 0. The number of anilines is 1. The standard InChI is InChI=1S/C8H7N3O/c12-5-9-7-2-1-3-8-6(7)4-10-11-8/h1-5H,(H,9,12)(H,10,11). The predicted octanol–water partition coefficient (Wildman–Crippen LogP) is 1.13. The summed E-state index contributed by atoms with van der Waals surface area (Å²) in [6.45, 7) is 0. The second kappa shape index (κ2) is 2.65. The van der Waals surface area contributed by atoms with Gasteiger partial charge in [-0.2, -0.15) is 5.10 Å². The number of carbonyl (C=O) groups is 1. The SMILES string of the molecule is O=CNc1cccc2[nH]ncc12. The number of H-pyrrole nitrogens is 1. The van der Waals surface area contributed by atoms with Crippen LogP contribution in [-0.4, -0.2) is 16.6 Å². The van der Waals surface area contributed by atoms with E-state index in [1.54, 1.807) is 6.20 Å². The summed E-state index contributed by atoms with van der Waals surface area (Å²) < 4.78 is 0. The highest BCUT2D eigenvalue weighted by molar-refractivity contribution is 5.94. The fourth-order valence-electron chi connectivity index (χ4n) is 1.16. The average molecular weight is 161 g/mol. The minimum absolute atomic E-state index is 0.655. The highest BCUT2D eigenvalue weighted by atomic mass is 16.1. The third-order valence-corrected chi connectivity index (χ3v) is 1.70. The topological polar surface area (TPSA) is 57.8 Å². The van der Waals surface area contributed by atoms with E-state index in [0.29, 0.717) is 6.41 Å². The maximum atomic E-state index is 10.2. The van der Waals surface area contributed by atoms with Crippen molar-refractivity contribution >= 4 is 23.0 Å². The Kier molecular flexibility index (Phi) is 1.51. The quantitative estimate of drug-likeness (QED) is 0.648. The van der Waals surface area contributed by atoms with Gasteiger partial charge in [0.05, 0.1) is 17.4 Å². The Bertz CT molecular complexity index is 407. The molecular formula is C8H7N3O. The second-order valence-corrected chi connectivity index (χ2v) is 2.40. The van der Waals surface area contributed by atoms with E-state index in [1.165, 1.54) is 0 Å². The number of rotatable bonds is 2. The van der Waals surface area contributed by atoms with Gasteiger partial charge in [0, 0.05) is 5.39 Å². The molecule has 12 heavy (non-hydrogen) atoms. The van der Waals surface area contributed by atoms with Gasteiger partial charge in [0.25, 0.3) is 0 Å². The number of fused-ring (bicyclic) bond motifs is 1. The number of hydrogen-bond acceptors (Lipinski definition) is 2. The molecular weight excluding hydrogens is 154 g/mol. The van der Waals surface area contributed by atoms with Gasteiger partial charge < -0.3 is 5.32 Å². The first kappa shape index (κ1) is 6.84. The molecule has 0 aliphatic carbocycles. The predicted molar refractivity (Wildman–Crippen MR) is 45.8 cm³/mol. The lowest BCUT2D eigenvalue weighted by atomic mass is 10.2. The largest absolute Gasteiger partial charge is 0.328 e. The van der Waals surface area contributed by atoms with Gasteiger partial charge in [0.2, 0.25) is 6.41 Å². The number of carbonyl (C=O) groups excluding carboxylic acids is 1. The number of hydrogen-bond donors (Lipinski definition) is 2. The Balaban J connectivity index is 2.65. The van der Waals surface area contributed by atoms with Crippen molar-refractivity contribution in [3.8, 4) is 0 Å². The molecule has 0 atom stereocenters. The van der Waals surface area contributed by atoms with Crippen LogP contribution < -0.4 is 5.32 Å². The highest BCUT2D eigenvalue weighted by Gasteiger charge is 1.99. The van der Waals surface area contributed by atoms with Crippen molar-refractivity contribution in [3.63, 3.8) is 0 Å². The maximum absolute atomic E-state index is 10.2. The molecule has 1 amide bonds. The smallest absolute Gasteiger partial charge is 0.211 e. The van der Waals surface area contributed by atoms with Crippen LogP contribution in [0.3, 0.4) is 0 Å². The molecule has 0 aliphatic heterocycles. The number of amides is 1. The summed E-state index contributed by atoms with van der Waals surface area (Å²) in [6, 6.07) is 5.58. The summed E-state index contributed by atoms with van der Waals surface area (Å²) in [5.74, 6) is 0. The molecule has 4 nitrogen and oxygen atoms in total. The molecule has 0 spiro atoms. The Morgan fingerprint density at radius 2 is 2.42 bits per heavy atom. The summed E-state index contributed by atoms with van der Waals surface area (Å²) in [5, 5.41) is 10.2. The fourth-order valence-corrected chi connectivity index (χ4v) is 1.16. The van der Waals surface area contributed by atoms with Crippen LogP contribution in [0.15, 0.2) is 24.4 Å². The van der Waals surface area contributed by atoms with Crippen molar-refractivity contribution in [2.24, 2.45) is 0 Å². The molecule has 0 aliphatic rings. The first-order valence-electron chi connectivity index (χ1n) is 3.54. The number of benzene rings is 1. The van der Waals surface area contributed by atoms with Crippen LogP contribution in [0.1, 0.15) is 0 Å². The Morgan fingerprint density at radius 3 is 3.25 bits per heavy atom. The molecule has 2 aromatic rings. The van der Waals surface area contributed by atoms with Gasteiger partial charge in [-0.05, 0) is 12.1 Å². The van der Waals surface area contributed by atoms with Crippen molar-refractivity contribution in [1.82, 2.24) is 10.2 Å². The number of nitrogens with zero attached hydrogens (tertiary/aromatic N) is 1. The van der Waals surface area contributed by atoms with Crippen LogP contribution in [0.4, 0.5) is 5.69 Å². The van der Waals surface area contributed by atoms with Crippen LogP contribution in [-0.2, 0) is 4.79 Å². The molecule has 1 heterocycles. The van der Waals surface area contributed by atoms with Gasteiger partial charge in [0.15, 0.2) is 0 Å². The van der Waals surface area contributed by atoms with Gasteiger partial charge in [0.1, 0.15) is 0 Å². The van der Waals surface area contributed by atoms with Crippen molar-refractivity contribution < 1.29 is 4.79 Å². The minimum Gasteiger partial charge on any atom is -0.328 e. The Labute approximate surface area is 68.6 Å². The summed E-state index contributed by atoms with van der Waals surface area (Å²) >= 11 is 0. The van der Waals surface area contributed by atoms with E-state index >= 15 is 0 Å². The average Bonchev–Trinajstić information content (AvgIpc) is 2.53. The number of aromatic amines is 1. The van der Waals surface area contributed by atoms with Gasteiger partial charge in [-0.25, -0.2) is 0 Å². The van der Waals surface area contributed by atoms with Crippen molar-refractivity contribution in [1.29, 1.82) is 0 Å². The Morgan fingerprint density at radius 1 is 1.50 bits per heavy atom. The molecule has 0 saturated heterocycles. The minimum atomic E-state index is 0.655. The van der Waals surface area contributed by atoms with Gasteiger partial charge >= 0.3 is 0 Å². The van der Waals surface area contributed by atoms with Crippen LogP contribution in [0.2, 0.25) is 0 Å². The summed E-state index contributed by atoms with van der Waals surface area (Å²) in [5.41, 5.74) is 1.69. The monoisotopic (exact) mass is 161 g/mol. The van der Waals surface area contributed by atoms with Crippen molar-refractivity contribution in [3.05, 3.63) is 24.4 Å². The van der Waals surface area contributed by atoms with Crippen molar-refractivity contribution in [2.45, 2.75) is 0 Å². The van der Waals surface area contributed by atoms with E-state index in [1.807, 2.05) is 18.2 Å². The normalized spacial score (nSPS) is 10.0. The van der Waals surface area contributed by atoms with Crippen LogP contribution in [0, 0.1) is 0 Å². The Hall–Kier alpha value is -1.84. The van der Waals surface area contributed by atoms with E-state index in [0.717, 1.165) is 16.6 Å². The molecule has 0 unspecified atom stereocenters. The molecule has 4 heteroatoms. The summed E-state index contributed by atoms with van der Waals surface area (Å²) in [4.78, 5) is 10.2. The first-order valence-corrected chi connectivity index (χ1v) is 3.54. The molecule has 2 N–H and O–H groups in total. The third-order valence-electron chi connectivity index (χ3n) is 1.70. The van der Waals surface area contributed by atoms with Crippen LogP contribution >= 0.6 is 0 Å². The summed E-state index contributed by atoms with van der Waals surface area (Å²) in [7, 11) is 0. The molecule has 1 aromatic carbocycles.